The van der Waals surface area contributed by atoms with Crippen LogP contribution >= 0.6 is 0 Å². The van der Waals surface area contributed by atoms with Crippen LogP contribution in [0.1, 0.15) is 48.9 Å². The van der Waals surface area contributed by atoms with Crippen molar-refractivity contribution in [2.75, 3.05) is 5.32 Å². The van der Waals surface area contributed by atoms with E-state index in [1.165, 1.54) is 0 Å². The van der Waals surface area contributed by atoms with Crippen LogP contribution in [-0.4, -0.2) is 23.9 Å². The number of hydrogen-bond donors (Lipinski definition) is 1. The lowest BCUT2D eigenvalue weighted by Gasteiger charge is -2.11. The molecule has 0 bridgehead atoms. The topological polar surface area (TPSA) is 95.5 Å². The van der Waals surface area contributed by atoms with E-state index in [4.69, 9.17) is 4.74 Å². The van der Waals surface area contributed by atoms with Crippen molar-refractivity contribution < 1.29 is 24.2 Å². The van der Waals surface area contributed by atoms with Gasteiger partial charge in [0.1, 0.15) is 6.10 Å². The third kappa shape index (κ3) is 4.87. The number of anilines is 1. The van der Waals surface area contributed by atoms with Crippen molar-refractivity contribution >= 4 is 23.5 Å². The van der Waals surface area contributed by atoms with Gasteiger partial charge in [0, 0.05) is 18.1 Å². The highest BCUT2D eigenvalue weighted by Gasteiger charge is 2.20. The second kappa shape index (κ2) is 7.59. The smallest absolute Gasteiger partial charge is 0.338 e. The van der Waals surface area contributed by atoms with Crippen molar-refractivity contribution in [1.82, 2.24) is 0 Å². The summed E-state index contributed by atoms with van der Waals surface area (Å²) in [5.74, 6) is -2.03. The third-order valence-electron chi connectivity index (χ3n) is 3.54. The van der Waals surface area contributed by atoms with Crippen LogP contribution in [-0.2, 0) is 14.3 Å². The molecular formula is C16H18NO5-. The second-order valence-electron chi connectivity index (χ2n) is 5.31. The maximum absolute atomic E-state index is 11.9. The fourth-order valence-corrected chi connectivity index (χ4v) is 2.35. The van der Waals surface area contributed by atoms with Gasteiger partial charge in [-0.3, -0.25) is 4.79 Å². The molecule has 22 heavy (non-hydrogen) atoms. The van der Waals surface area contributed by atoms with E-state index < -0.39 is 11.9 Å². The fraction of sp³-hybridized carbons (Fsp3) is 0.438. The summed E-state index contributed by atoms with van der Waals surface area (Å²) >= 11 is 0. The summed E-state index contributed by atoms with van der Waals surface area (Å²) in [6.45, 7) is 0. The maximum atomic E-state index is 11.9. The standard InChI is InChI=1S/C16H19NO5/c18-14(9-10-15(19)20)17-12-7-5-11(6-8-12)16(21)22-13-3-1-2-4-13/h5-8,13H,1-4,9-10H2,(H,17,18)(H,19,20)/p-1. The number of ether oxygens (including phenoxy) is 1. The highest BCUT2D eigenvalue weighted by molar-refractivity contribution is 5.94. The molecule has 0 aliphatic heterocycles. The number of rotatable bonds is 6. The molecule has 1 amide bonds. The van der Waals surface area contributed by atoms with Crippen molar-refractivity contribution in [3.63, 3.8) is 0 Å². The monoisotopic (exact) mass is 304 g/mol. The van der Waals surface area contributed by atoms with E-state index in [2.05, 4.69) is 5.32 Å². The average molecular weight is 304 g/mol. The van der Waals surface area contributed by atoms with Gasteiger partial charge in [0.05, 0.1) is 5.56 Å². The molecule has 0 spiro atoms. The quantitative estimate of drug-likeness (QED) is 0.798. The Morgan fingerprint density at radius 2 is 1.73 bits per heavy atom. The molecule has 1 fully saturated rings. The molecule has 0 radical (unpaired) electrons. The molecule has 6 heteroatoms. The average Bonchev–Trinajstić information content (AvgIpc) is 2.99. The molecule has 1 aliphatic carbocycles. The van der Waals surface area contributed by atoms with Crippen molar-refractivity contribution in [3.05, 3.63) is 29.8 Å². The summed E-state index contributed by atoms with van der Waals surface area (Å²) in [5.41, 5.74) is 0.931. The Morgan fingerprint density at radius 3 is 2.32 bits per heavy atom. The van der Waals surface area contributed by atoms with Crippen LogP contribution in [0.15, 0.2) is 24.3 Å². The number of amides is 1. The van der Waals surface area contributed by atoms with Gasteiger partial charge in [0.2, 0.25) is 5.91 Å². The molecule has 0 atom stereocenters. The van der Waals surface area contributed by atoms with E-state index in [1.807, 2.05) is 0 Å². The summed E-state index contributed by atoms with van der Waals surface area (Å²) in [5, 5.41) is 12.8. The van der Waals surface area contributed by atoms with Gasteiger partial charge in [0.15, 0.2) is 0 Å². The number of carbonyl (C=O) groups excluding carboxylic acids is 3. The zero-order valence-electron chi connectivity index (χ0n) is 12.2. The van der Waals surface area contributed by atoms with Crippen molar-refractivity contribution in [2.45, 2.75) is 44.6 Å². The lowest BCUT2D eigenvalue weighted by atomic mass is 10.2. The Bertz CT molecular complexity index is 546. The highest BCUT2D eigenvalue weighted by Crippen LogP contribution is 2.22. The Hall–Kier alpha value is -2.37. The Balaban J connectivity index is 1.85. The normalized spacial score (nSPS) is 14.5. The van der Waals surface area contributed by atoms with Crippen molar-refractivity contribution in [3.8, 4) is 0 Å². The lowest BCUT2D eigenvalue weighted by Crippen LogP contribution is -2.24. The van der Waals surface area contributed by atoms with E-state index in [1.54, 1.807) is 24.3 Å². The Kier molecular flexibility index (Phi) is 5.52. The number of carboxylic acids is 1. The minimum absolute atomic E-state index is 0.0107. The van der Waals surface area contributed by atoms with Crippen LogP contribution in [0.5, 0.6) is 0 Å². The number of aliphatic carboxylic acids is 1. The van der Waals surface area contributed by atoms with E-state index in [9.17, 15) is 19.5 Å². The van der Waals surface area contributed by atoms with Gasteiger partial charge in [-0.1, -0.05) is 0 Å². The van der Waals surface area contributed by atoms with E-state index in [-0.39, 0.29) is 24.9 Å². The number of carbonyl (C=O) groups is 3. The Morgan fingerprint density at radius 1 is 1.09 bits per heavy atom. The number of nitrogens with one attached hydrogen (secondary N) is 1. The molecule has 1 saturated carbocycles. The minimum atomic E-state index is -1.26. The molecule has 0 heterocycles. The molecule has 0 unspecified atom stereocenters. The predicted octanol–water partition coefficient (Wildman–Crippen LogP) is 1.25. The SMILES string of the molecule is O=C([O-])CCC(=O)Nc1ccc(C(=O)OC2CCCC2)cc1. The number of carboxylic acid groups (broad SMARTS) is 1. The molecule has 1 aliphatic rings. The molecule has 0 aromatic heterocycles. The van der Waals surface area contributed by atoms with Crippen LogP contribution in [0.4, 0.5) is 5.69 Å². The van der Waals surface area contributed by atoms with Gasteiger partial charge >= 0.3 is 5.97 Å². The van der Waals surface area contributed by atoms with Gasteiger partial charge in [-0.2, -0.15) is 0 Å². The summed E-state index contributed by atoms with van der Waals surface area (Å²) in [4.78, 5) is 33.7. The minimum Gasteiger partial charge on any atom is -0.550 e. The van der Waals surface area contributed by atoms with Gasteiger partial charge in [-0.15, -0.1) is 0 Å². The summed E-state index contributed by atoms with van der Waals surface area (Å²) in [6.07, 6.45) is 3.56. The van der Waals surface area contributed by atoms with Crippen molar-refractivity contribution in [2.24, 2.45) is 0 Å². The number of hydrogen-bond acceptors (Lipinski definition) is 5. The first-order valence-corrected chi connectivity index (χ1v) is 7.35. The van der Waals surface area contributed by atoms with Crippen LogP contribution in [0.2, 0.25) is 0 Å². The summed E-state index contributed by atoms with van der Waals surface area (Å²) < 4.78 is 5.38. The van der Waals surface area contributed by atoms with Gasteiger partial charge in [0.25, 0.3) is 0 Å². The van der Waals surface area contributed by atoms with E-state index in [0.717, 1.165) is 25.7 Å². The third-order valence-corrected chi connectivity index (χ3v) is 3.54. The largest absolute Gasteiger partial charge is 0.550 e. The molecule has 1 aromatic rings. The highest BCUT2D eigenvalue weighted by atomic mass is 16.5. The van der Waals surface area contributed by atoms with Crippen LogP contribution in [0.25, 0.3) is 0 Å². The first-order valence-electron chi connectivity index (χ1n) is 7.35. The molecule has 1 aromatic carbocycles. The zero-order valence-corrected chi connectivity index (χ0v) is 12.2. The first kappa shape index (κ1) is 16.0. The molecule has 6 nitrogen and oxygen atoms in total. The summed E-state index contributed by atoms with van der Waals surface area (Å²) in [6, 6.07) is 6.32. The molecule has 118 valence electrons. The molecular weight excluding hydrogens is 286 g/mol. The van der Waals surface area contributed by atoms with Gasteiger partial charge in [-0.25, -0.2) is 4.79 Å². The van der Waals surface area contributed by atoms with Crippen molar-refractivity contribution in [1.29, 1.82) is 0 Å². The molecule has 2 rings (SSSR count). The number of esters is 1. The first-order chi connectivity index (χ1) is 10.5. The van der Waals surface area contributed by atoms with Crippen LogP contribution in [0.3, 0.4) is 0 Å². The maximum Gasteiger partial charge on any atom is 0.338 e. The van der Waals surface area contributed by atoms with Gasteiger partial charge in [-0.05, 0) is 56.4 Å². The Labute approximate surface area is 128 Å². The molecule has 0 saturated heterocycles. The fourth-order valence-electron chi connectivity index (χ4n) is 2.35. The second-order valence-corrected chi connectivity index (χ2v) is 5.31. The van der Waals surface area contributed by atoms with E-state index >= 15 is 0 Å². The van der Waals surface area contributed by atoms with Gasteiger partial charge < -0.3 is 20.0 Å². The van der Waals surface area contributed by atoms with Crippen LogP contribution in [0, 0.1) is 0 Å². The zero-order chi connectivity index (χ0) is 15.9. The number of benzene rings is 1. The van der Waals surface area contributed by atoms with Crippen LogP contribution < -0.4 is 10.4 Å². The predicted molar refractivity (Wildman–Crippen MR) is 77.0 cm³/mol. The summed E-state index contributed by atoms with van der Waals surface area (Å²) in [7, 11) is 0. The van der Waals surface area contributed by atoms with E-state index in [0.29, 0.717) is 11.3 Å². The molecule has 1 N–H and O–H groups in total. The lowest BCUT2D eigenvalue weighted by molar-refractivity contribution is -0.305.